The lowest BCUT2D eigenvalue weighted by Gasteiger charge is -2.16. The number of hydrogen-bond donors (Lipinski definition) is 0. The molecule has 84 valence electrons. The van der Waals surface area contributed by atoms with Crippen molar-refractivity contribution in [1.29, 1.82) is 0 Å². The van der Waals surface area contributed by atoms with Gasteiger partial charge in [0.2, 0.25) is 0 Å². The van der Waals surface area contributed by atoms with Crippen LogP contribution in [0.15, 0.2) is 24.3 Å². The Morgan fingerprint density at radius 2 is 2.13 bits per heavy atom. The number of aryl methyl sites for hydroxylation is 1. The highest BCUT2D eigenvalue weighted by Gasteiger charge is 1.99. The molecular formula is C13H21NO. The average molecular weight is 207 g/mol. The van der Waals surface area contributed by atoms with Crippen molar-refractivity contribution >= 4 is 0 Å². The molecule has 0 bridgehead atoms. The van der Waals surface area contributed by atoms with Gasteiger partial charge in [-0.1, -0.05) is 29.8 Å². The van der Waals surface area contributed by atoms with Crippen LogP contribution in [0.2, 0.25) is 0 Å². The van der Waals surface area contributed by atoms with Gasteiger partial charge < -0.3 is 9.64 Å². The van der Waals surface area contributed by atoms with Crippen LogP contribution in [0.25, 0.3) is 0 Å². The van der Waals surface area contributed by atoms with Gasteiger partial charge in [-0.15, -0.1) is 0 Å². The molecule has 0 aliphatic heterocycles. The van der Waals surface area contributed by atoms with Gasteiger partial charge in [0.1, 0.15) is 0 Å². The number of hydrogen-bond acceptors (Lipinski definition) is 2. The molecule has 0 aliphatic carbocycles. The summed E-state index contributed by atoms with van der Waals surface area (Å²) < 4.78 is 5.03. The molecule has 1 rings (SSSR count). The second kappa shape index (κ2) is 6.59. The molecule has 0 amide bonds. The van der Waals surface area contributed by atoms with E-state index in [1.54, 1.807) is 7.11 Å². The molecule has 0 fully saturated rings. The minimum Gasteiger partial charge on any atom is -0.385 e. The third-order valence-corrected chi connectivity index (χ3v) is 2.42. The van der Waals surface area contributed by atoms with Crippen molar-refractivity contribution in [1.82, 2.24) is 4.90 Å². The fourth-order valence-electron chi connectivity index (χ4n) is 1.68. The molecule has 0 aromatic heterocycles. The van der Waals surface area contributed by atoms with Gasteiger partial charge in [0, 0.05) is 26.8 Å². The third kappa shape index (κ3) is 4.96. The van der Waals surface area contributed by atoms with Gasteiger partial charge in [0.25, 0.3) is 0 Å². The average Bonchev–Trinajstić information content (AvgIpc) is 2.18. The van der Waals surface area contributed by atoms with Gasteiger partial charge in [0.05, 0.1) is 0 Å². The van der Waals surface area contributed by atoms with Crippen LogP contribution in [0.1, 0.15) is 17.5 Å². The Morgan fingerprint density at radius 3 is 2.80 bits per heavy atom. The zero-order valence-electron chi connectivity index (χ0n) is 9.99. The van der Waals surface area contributed by atoms with E-state index in [-0.39, 0.29) is 0 Å². The summed E-state index contributed by atoms with van der Waals surface area (Å²) in [6.07, 6.45) is 1.10. The monoisotopic (exact) mass is 207 g/mol. The Balaban J connectivity index is 2.34. The predicted molar refractivity (Wildman–Crippen MR) is 64.0 cm³/mol. The van der Waals surface area contributed by atoms with Gasteiger partial charge >= 0.3 is 0 Å². The van der Waals surface area contributed by atoms with E-state index in [0.717, 1.165) is 26.1 Å². The van der Waals surface area contributed by atoms with Gasteiger partial charge in [-0.2, -0.15) is 0 Å². The van der Waals surface area contributed by atoms with E-state index in [1.165, 1.54) is 11.1 Å². The zero-order valence-corrected chi connectivity index (χ0v) is 9.99. The smallest absolute Gasteiger partial charge is 0.0474 e. The van der Waals surface area contributed by atoms with Crippen LogP contribution in [0.3, 0.4) is 0 Å². The second-order valence-electron chi connectivity index (χ2n) is 4.07. The SMILES string of the molecule is COCCCN(C)Cc1cccc(C)c1. The van der Waals surface area contributed by atoms with Crippen LogP contribution in [0.4, 0.5) is 0 Å². The molecule has 0 spiro atoms. The third-order valence-electron chi connectivity index (χ3n) is 2.42. The standard InChI is InChI=1S/C13H21NO/c1-12-6-4-7-13(10-12)11-14(2)8-5-9-15-3/h4,6-7,10H,5,8-9,11H2,1-3H3. The normalized spacial score (nSPS) is 10.9. The Morgan fingerprint density at radius 1 is 1.33 bits per heavy atom. The lowest BCUT2D eigenvalue weighted by molar-refractivity contribution is 0.178. The first-order valence-electron chi connectivity index (χ1n) is 5.45. The first-order valence-corrected chi connectivity index (χ1v) is 5.45. The van der Waals surface area contributed by atoms with Crippen molar-refractivity contribution in [3.63, 3.8) is 0 Å². The van der Waals surface area contributed by atoms with Gasteiger partial charge in [-0.25, -0.2) is 0 Å². The summed E-state index contributed by atoms with van der Waals surface area (Å²) in [7, 11) is 3.90. The molecule has 0 aliphatic rings. The van der Waals surface area contributed by atoms with Crippen LogP contribution in [-0.2, 0) is 11.3 Å². The van der Waals surface area contributed by atoms with Gasteiger partial charge in [-0.05, 0) is 26.0 Å². The van der Waals surface area contributed by atoms with Crippen molar-refractivity contribution in [3.05, 3.63) is 35.4 Å². The van der Waals surface area contributed by atoms with Crippen molar-refractivity contribution in [2.24, 2.45) is 0 Å². The number of rotatable bonds is 6. The highest BCUT2D eigenvalue weighted by atomic mass is 16.5. The maximum atomic E-state index is 5.03. The summed E-state index contributed by atoms with van der Waals surface area (Å²) in [5.41, 5.74) is 2.72. The summed E-state index contributed by atoms with van der Waals surface area (Å²) in [5.74, 6) is 0. The van der Waals surface area contributed by atoms with Crippen LogP contribution in [0.5, 0.6) is 0 Å². The van der Waals surface area contributed by atoms with E-state index >= 15 is 0 Å². The predicted octanol–water partition coefficient (Wildman–Crippen LogP) is 2.46. The number of methoxy groups -OCH3 is 1. The summed E-state index contributed by atoms with van der Waals surface area (Å²) in [6.45, 7) is 5.08. The molecule has 0 atom stereocenters. The molecule has 0 radical (unpaired) electrons. The minimum absolute atomic E-state index is 0.845. The Kier molecular flexibility index (Phi) is 5.37. The molecule has 15 heavy (non-hydrogen) atoms. The zero-order chi connectivity index (χ0) is 11.1. The first kappa shape index (κ1) is 12.2. The quantitative estimate of drug-likeness (QED) is 0.664. The summed E-state index contributed by atoms with van der Waals surface area (Å²) in [5, 5.41) is 0. The van der Waals surface area contributed by atoms with Crippen LogP contribution >= 0.6 is 0 Å². The maximum absolute atomic E-state index is 5.03. The number of ether oxygens (including phenoxy) is 1. The largest absolute Gasteiger partial charge is 0.385 e. The van der Waals surface area contributed by atoms with Gasteiger partial charge in [0.15, 0.2) is 0 Å². The van der Waals surface area contributed by atoms with E-state index < -0.39 is 0 Å². The molecule has 0 saturated carbocycles. The first-order chi connectivity index (χ1) is 7.22. The van der Waals surface area contributed by atoms with Crippen molar-refractivity contribution in [2.45, 2.75) is 19.9 Å². The van der Waals surface area contributed by atoms with E-state index in [0.29, 0.717) is 0 Å². The van der Waals surface area contributed by atoms with Crippen LogP contribution < -0.4 is 0 Å². The van der Waals surface area contributed by atoms with E-state index in [1.807, 2.05) is 0 Å². The number of nitrogens with zero attached hydrogens (tertiary/aromatic N) is 1. The lowest BCUT2D eigenvalue weighted by atomic mass is 10.1. The van der Waals surface area contributed by atoms with Crippen LogP contribution in [0, 0.1) is 6.92 Å². The Hall–Kier alpha value is -0.860. The van der Waals surface area contributed by atoms with E-state index in [2.05, 4.69) is 43.1 Å². The van der Waals surface area contributed by atoms with Crippen molar-refractivity contribution in [2.75, 3.05) is 27.3 Å². The van der Waals surface area contributed by atoms with E-state index in [4.69, 9.17) is 4.74 Å². The summed E-state index contributed by atoms with van der Waals surface area (Å²) in [6, 6.07) is 8.68. The van der Waals surface area contributed by atoms with Gasteiger partial charge in [-0.3, -0.25) is 0 Å². The molecule has 1 aromatic carbocycles. The van der Waals surface area contributed by atoms with Crippen molar-refractivity contribution < 1.29 is 4.74 Å². The fourth-order valence-corrected chi connectivity index (χ4v) is 1.68. The highest BCUT2D eigenvalue weighted by Crippen LogP contribution is 2.06. The molecule has 1 aromatic rings. The molecule has 0 saturated heterocycles. The highest BCUT2D eigenvalue weighted by molar-refractivity contribution is 5.21. The Bertz CT molecular complexity index is 286. The fraction of sp³-hybridized carbons (Fsp3) is 0.538. The number of benzene rings is 1. The molecule has 2 nitrogen and oxygen atoms in total. The molecule has 0 unspecified atom stereocenters. The summed E-state index contributed by atoms with van der Waals surface area (Å²) in [4.78, 5) is 2.33. The van der Waals surface area contributed by atoms with E-state index in [9.17, 15) is 0 Å². The molecule has 0 heterocycles. The molecule has 0 N–H and O–H groups in total. The second-order valence-corrected chi connectivity index (χ2v) is 4.07. The maximum Gasteiger partial charge on any atom is 0.0474 e. The summed E-state index contributed by atoms with van der Waals surface area (Å²) >= 11 is 0. The Labute approximate surface area is 92.9 Å². The molecule has 2 heteroatoms. The van der Waals surface area contributed by atoms with Crippen molar-refractivity contribution in [3.8, 4) is 0 Å². The molecular weight excluding hydrogens is 186 g/mol. The topological polar surface area (TPSA) is 12.5 Å². The minimum atomic E-state index is 0.845. The van der Waals surface area contributed by atoms with Crippen LogP contribution in [-0.4, -0.2) is 32.2 Å². The lowest BCUT2D eigenvalue weighted by Crippen LogP contribution is -2.20.